The summed E-state index contributed by atoms with van der Waals surface area (Å²) in [6.45, 7) is 4.47. The minimum atomic E-state index is -3.60. The maximum Gasteiger partial charge on any atom is 0.246 e. The van der Waals surface area contributed by atoms with Gasteiger partial charge in [0.2, 0.25) is 15.9 Å². The fourth-order valence-corrected chi connectivity index (χ4v) is 3.83. The average molecular weight is 336 g/mol. The Kier molecular flexibility index (Phi) is 5.33. The third-order valence-corrected chi connectivity index (χ3v) is 5.67. The van der Waals surface area contributed by atoms with Gasteiger partial charge in [-0.25, -0.2) is 8.42 Å². The molecule has 1 aliphatic heterocycles. The molecule has 124 valence electrons. The average Bonchev–Trinajstić information content (AvgIpc) is 2.55. The number of allylic oxidation sites excluding steroid dienone is 1. The zero-order chi connectivity index (χ0) is 17.0. The minimum Gasteiger partial charge on any atom is -0.337 e. The highest BCUT2D eigenvalue weighted by Gasteiger charge is 2.29. The van der Waals surface area contributed by atoms with Gasteiger partial charge in [-0.05, 0) is 32.1 Å². The predicted molar refractivity (Wildman–Crippen MR) is 86.6 cm³/mol. The molecule has 7 heteroatoms. The monoisotopic (exact) mass is 336 g/mol. The zero-order valence-electron chi connectivity index (χ0n) is 13.2. The number of carbonyl (C=O) groups excluding carboxylic acids is 2. The molecule has 1 aromatic rings. The normalized spacial score (nSPS) is 16.7. The molecule has 0 aromatic heterocycles. The maximum atomic E-state index is 12.6. The molecular formula is C16H20N2O4S. The molecule has 0 saturated carbocycles. The van der Waals surface area contributed by atoms with Gasteiger partial charge in [-0.15, -0.1) is 0 Å². The number of hydrogen-bond donors (Lipinski definition) is 0. The van der Waals surface area contributed by atoms with Gasteiger partial charge in [0.25, 0.3) is 0 Å². The molecule has 1 aliphatic rings. The molecule has 1 aromatic carbocycles. The standard InChI is InChI=1S/C16H20N2O4S/c1-3-4-16(20)17-9-11-18(12-10-17)23(21,22)15-7-5-14(6-8-15)13(2)19/h3-8H,9-12H2,1-2H3/b4-3+. The van der Waals surface area contributed by atoms with Crippen LogP contribution in [0.25, 0.3) is 0 Å². The van der Waals surface area contributed by atoms with E-state index in [2.05, 4.69) is 0 Å². The molecule has 0 radical (unpaired) electrons. The van der Waals surface area contributed by atoms with E-state index in [9.17, 15) is 18.0 Å². The van der Waals surface area contributed by atoms with E-state index in [1.54, 1.807) is 17.9 Å². The quantitative estimate of drug-likeness (QED) is 0.613. The summed E-state index contributed by atoms with van der Waals surface area (Å²) < 4.78 is 26.6. The van der Waals surface area contributed by atoms with Crippen molar-refractivity contribution in [1.29, 1.82) is 0 Å². The van der Waals surface area contributed by atoms with Crippen LogP contribution in [-0.4, -0.2) is 55.5 Å². The van der Waals surface area contributed by atoms with Crippen molar-refractivity contribution < 1.29 is 18.0 Å². The smallest absolute Gasteiger partial charge is 0.246 e. The van der Waals surface area contributed by atoms with E-state index < -0.39 is 10.0 Å². The summed E-state index contributed by atoms with van der Waals surface area (Å²) >= 11 is 0. The first kappa shape index (κ1) is 17.4. The third-order valence-electron chi connectivity index (χ3n) is 3.76. The largest absolute Gasteiger partial charge is 0.337 e. The van der Waals surface area contributed by atoms with Crippen molar-refractivity contribution in [3.05, 3.63) is 42.0 Å². The van der Waals surface area contributed by atoms with Crippen molar-refractivity contribution in [2.24, 2.45) is 0 Å². The first-order chi connectivity index (χ1) is 10.9. The lowest BCUT2D eigenvalue weighted by Gasteiger charge is -2.33. The molecule has 1 heterocycles. The molecule has 1 fully saturated rings. The highest BCUT2D eigenvalue weighted by atomic mass is 32.2. The third kappa shape index (κ3) is 3.86. The van der Waals surface area contributed by atoms with Gasteiger partial charge in [0.1, 0.15) is 0 Å². The molecular weight excluding hydrogens is 316 g/mol. The van der Waals surface area contributed by atoms with Crippen LogP contribution in [0.15, 0.2) is 41.3 Å². The van der Waals surface area contributed by atoms with Crippen LogP contribution in [0.4, 0.5) is 0 Å². The Hall–Kier alpha value is -1.99. The number of ketones is 1. The fraction of sp³-hybridized carbons (Fsp3) is 0.375. The molecule has 0 atom stereocenters. The van der Waals surface area contributed by atoms with Crippen LogP contribution in [-0.2, 0) is 14.8 Å². The fourth-order valence-electron chi connectivity index (χ4n) is 2.41. The molecule has 0 unspecified atom stereocenters. The van der Waals surface area contributed by atoms with Crippen LogP contribution >= 0.6 is 0 Å². The van der Waals surface area contributed by atoms with Gasteiger partial charge in [0.05, 0.1) is 4.90 Å². The second kappa shape index (κ2) is 7.06. The highest BCUT2D eigenvalue weighted by molar-refractivity contribution is 7.89. The number of hydrogen-bond acceptors (Lipinski definition) is 4. The topological polar surface area (TPSA) is 74.8 Å². The molecule has 0 bridgehead atoms. The van der Waals surface area contributed by atoms with Gasteiger partial charge in [-0.3, -0.25) is 9.59 Å². The molecule has 23 heavy (non-hydrogen) atoms. The van der Waals surface area contributed by atoms with Crippen molar-refractivity contribution in [1.82, 2.24) is 9.21 Å². The van der Waals surface area contributed by atoms with E-state index in [0.29, 0.717) is 18.7 Å². The van der Waals surface area contributed by atoms with E-state index >= 15 is 0 Å². The van der Waals surface area contributed by atoms with Gasteiger partial charge in [0, 0.05) is 31.7 Å². The number of Topliss-reactive ketones (excluding diaryl/α,β-unsaturated/α-hetero) is 1. The summed E-state index contributed by atoms with van der Waals surface area (Å²) in [7, 11) is -3.60. The van der Waals surface area contributed by atoms with Crippen LogP contribution in [0.5, 0.6) is 0 Å². The van der Waals surface area contributed by atoms with Crippen LogP contribution in [0.2, 0.25) is 0 Å². The van der Waals surface area contributed by atoms with Crippen molar-refractivity contribution in [3.63, 3.8) is 0 Å². The van der Waals surface area contributed by atoms with E-state index in [4.69, 9.17) is 0 Å². The van der Waals surface area contributed by atoms with E-state index in [1.807, 2.05) is 0 Å². The molecule has 6 nitrogen and oxygen atoms in total. The SMILES string of the molecule is C/C=C/C(=O)N1CCN(S(=O)(=O)c2ccc(C(C)=O)cc2)CC1. The van der Waals surface area contributed by atoms with Crippen molar-refractivity contribution in [3.8, 4) is 0 Å². The van der Waals surface area contributed by atoms with Crippen LogP contribution < -0.4 is 0 Å². The number of sulfonamides is 1. The number of benzene rings is 1. The molecule has 1 saturated heterocycles. The molecule has 0 N–H and O–H groups in total. The summed E-state index contributed by atoms with van der Waals surface area (Å²) in [5, 5.41) is 0. The van der Waals surface area contributed by atoms with Gasteiger partial charge in [-0.2, -0.15) is 4.31 Å². The zero-order valence-corrected chi connectivity index (χ0v) is 14.0. The molecule has 0 aliphatic carbocycles. The van der Waals surface area contributed by atoms with Crippen molar-refractivity contribution in [2.45, 2.75) is 18.7 Å². The first-order valence-corrected chi connectivity index (χ1v) is 8.83. The predicted octanol–water partition coefficient (Wildman–Crippen LogP) is 1.30. The second-order valence-corrected chi connectivity index (χ2v) is 7.25. The van der Waals surface area contributed by atoms with E-state index in [-0.39, 0.29) is 29.7 Å². The Bertz CT molecular complexity index is 715. The summed E-state index contributed by atoms with van der Waals surface area (Å²) in [6, 6.07) is 5.93. The van der Waals surface area contributed by atoms with Crippen molar-refractivity contribution >= 4 is 21.7 Å². The van der Waals surface area contributed by atoms with E-state index in [1.165, 1.54) is 41.6 Å². The Balaban J connectivity index is 2.09. The van der Waals surface area contributed by atoms with Crippen molar-refractivity contribution in [2.75, 3.05) is 26.2 Å². The van der Waals surface area contributed by atoms with Gasteiger partial charge < -0.3 is 4.90 Å². The number of amides is 1. The minimum absolute atomic E-state index is 0.102. The first-order valence-electron chi connectivity index (χ1n) is 7.39. The summed E-state index contributed by atoms with van der Waals surface area (Å²) in [5.41, 5.74) is 0.478. The van der Waals surface area contributed by atoms with E-state index in [0.717, 1.165) is 0 Å². The summed E-state index contributed by atoms with van der Waals surface area (Å²) in [4.78, 5) is 24.8. The Morgan fingerprint density at radius 2 is 1.61 bits per heavy atom. The van der Waals surface area contributed by atoms with Crippen LogP contribution in [0.1, 0.15) is 24.2 Å². The molecule has 2 rings (SSSR count). The lowest BCUT2D eigenvalue weighted by molar-refractivity contribution is -0.127. The number of carbonyl (C=O) groups is 2. The van der Waals surface area contributed by atoms with Crippen LogP contribution in [0, 0.1) is 0 Å². The Morgan fingerprint density at radius 3 is 2.09 bits per heavy atom. The Labute approximate surface area is 136 Å². The molecule has 1 amide bonds. The summed E-state index contributed by atoms with van der Waals surface area (Å²) in [5.74, 6) is -0.208. The lowest BCUT2D eigenvalue weighted by atomic mass is 10.2. The summed E-state index contributed by atoms with van der Waals surface area (Å²) in [6.07, 6.45) is 3.15. The lowest BCUT2D eigenvalue weighted by Crippen LogP contribution is -2.50. The number of rotatable bonds is 4. The van der Waals surface area contributed by atoms with Gasteiger partial charge in [-0.1, -0.05) is 18.2 Å². The van der Waals surface area contributed by atoms with Gasteiger partial charge in [0.15, 0.2) is 5.78 Å². The number of nitrogens with zero attached hydrogens (tertiary/aromatic N) is 2. The number of piperazine rings is 1. The Morgan fingerprint density at radius 1 is 1.04 bits per heavy atom. The second-order valence-electron chi connectivity index (χ2n) is 5.31. The van der Waals surface area contributed by atoms with Gasteiger partial charge >= 0.3 is 0 Å². The highest BCUT2D eigenvalue weighted by Crippen LogP contribution is 2.18. The molecule has 0 spiro atoms. The van der Waals surface area contributed by atoms with Crippen LogP contribution in [0.3, 0.4) is 0 Å². The maximum absolute atomic E-state index is 12.6.